The number of halogens is 1. The number of Topliss-reactive ketones (excluding diaryl/α,β-unsaturated/α-hetero) is 1. The number of hydrogen-bond acceptors (Lipinski definition) is 4. The third kappa shape index (κ3) is 4.66. The molecular weight excluding hydrogens is 383 g/mol. The quantitative estimate of drug-likeness (QED) is 0.589. The number of likely N-dealkylation sites (N-methyl/N-ethyl adjacent to an activating group) is 1. The van der Waals surface area contributed by atoms with Gasteiger partial charge < -0.3 is 14.2 Å². The van der Waals surface area contributed by atoms with Gasteiger partial charge in [0.05, 0.1) is 6.54 Å². The number of hydrogen-bond donors (Lipinski definition) is 0. The SMILES string of the molecule is CN1CCc2ccc(C(=O)Cn3ccc(OCc4ccc(F)cc4)cc3=O)cc2C1. The Bertz CT molecular complexity index is 1120. The molecule has 0 bridgehead atoms. The molecule has 0 unspecified atom stereocenters. The molecule has 0 amide bonds. The highest BCUT2D eigenvalue weighted by Crippen LogP contribution is 2.20. The molecular formula is C24H23FN2O3. The number of fused-ring (bicyclic) bond motifs is 1. The van der Waals surface area contributed by atoms with Gasteiger partial charge in [-0.05, 0) is 54.4 Å². The van der Waals surface area contributed by atoms with E-state index in [0.29, 0.717) is 11.3 Å². The van der Waals surface area contributed by atoms with Crippen LogP contribution >= 0.6 is 0 Å². The van der Waals surface area contributed by atoms with Gasteiger partial charge in [-0.1, -0.05) is 24.3 Å². The van der Waals surface area contributed by atoms with Crippen LogP contribution in [0.2, 0.25) is 0 Å². The van der Waals surface area contributed by atoms with Crippen LogP contribution < -0.4 is 10.3 Å². The van der Waals surface area contributed by atoms with E-state index < -0.39 is 0 Å². The summed E-state index contributed by atoms with van der Waals surface area (Å²) in [6, 6.07) is 14.8. The van der Waals surface area contributed by atoms with E-state index in [-0.39, 0.29) is 30.3 Å². The minimum absolute atomic E-state index is 0.0221. The van der Waals surface area contributed by atoms with Gasteiger partial charge in [-0.25, -0.2) is 4.39 Å². The number of ketones is 1. The van der Waals surface area contributed by atoms with E-state index in [1.807, 2.05) is 18.2 Å². The van der Waals surface area contributed by atoms with E-state index in [2.05, 4.69) is 11.9 Å². The minimum Gasteiger partial charge on any atom is -0.489 e. The first kappa shape index (κ1) is 20.0. The number of aromatic nitrogens is 1. The van der Waals surface area contributed by atoms with Crippen molar-refractivity contribution in [1.82, 2.24) is 9.47 Å². The first-order chi connectivity index (χ1) is 14.5. The Morgan fingerprint density at radius 1 is 1.07 bits per heavy atom. The second-order valence-electron chi connectivity index (χ2n) is 7.64. The Balaban J connectivity index is 1.42. The van der Waals surface area contributed by atoms with Gasteiger partial charge in [0, 0.05) is 30.9 Å². The molecule has 4 rings (SSSR count). The van der Waals surface area contributed by atoms with Crippen LogP contribution in [0.5, 0.6) is 5.75 Å². The summed E-state index contributed by atoms with van der Waals surface area (Å²) in [4.78, 5) is 27.4. The fourth-order valence-electron chi connectivity index (χ4n) is 3.57. The molecule has 2 aromatic carbocycles. The van der Waals surface area contributed by atoms with Crippen LogP contribution in [-0.2, 0) is 26.1 Å². The lowest BCUT2D eigenvalue weighted by molar-refractivity contribution is 0.0970. The predicted molar refractivity (Wildman–Crippen MR) is 112 cm³/mol. The van der Waals surface area contributed by atoms with E-state index in [1.54, 1.807) is 24.4 Å². The monoisotopic (exact) mass is 406 g/mol. The van der Waals surface area contributed by atoms with Crippen LogP contribution in [0.15, 0.2) is 65.6 Å². The van der Waals surface area contributed by atoms with E-state index >= 15 is 0 Å². The van der Waals surface area contributed by atoms with Gasteiger partial charge >= 0.3 is 0 Å². The van der Waals surface area contributed by atoms with Crippen molar-refractivity contribution in [2.45, 2.75) is 26.1 Å². The lowest BCUT2D eigenvalue weighted by atomic mass is 9.96. The molecule has 0 radical (unpaired) electrons. The maximum absolute atomic E-state index is 13.0. The van der Waals surface area contributed by atoms with Crippen LogP contribution in [0.3, 0.4) is 0 Å². The fourth-order valence-corrected chi connectivity index (χ4v) is 3.57. The Morgan fingerprint density at radius 2 is 1.87 bits per heavy atom. The summed E-state index contributed by atoms with van der Waals surface area (Å²) in [5.74, 6) is -0.00471. The molecule has 0 saturated carbocycles. The Hall–Kier alpha value is -3.25. The van der Waals surface area contributed by atoms with Crippen LogP contribution in [0.25, 0.3) is 0 Å². The summed E-state index contributed by atoms with van der Waals surface area (Å²) in [5, 5.41) is 0. The van der Waals surface area contributed by atoms with E-state index in [4.69, 9.17) is 4.74 Å². The molecule has 0 fully saturated rings. The van der Waals surface area contributed by atoms with Crippen LogP contribution in [0.1, 0.15) is 27.0 Å². The summed E-state index contributed by atoms with van der Waals surface area (Å²) in [6.45, 7) is 2.06. The zero-order chi connectivity index (χ0) is 21.1. The number of nitrogens with zero attached hydrogens (tertiary/aromatic N) is 2. The van der Waals surface area contributed by atoms with Gasteiger partial charge in [0.15, 0.2) is 5.78 Å². The molecule has 5 nitrogen and oxygen atoms in total. The summed E-state index contributed by atoms with van der Waals surface area (Å²) in [7, 11) is 2.07. The summed E-state index contributed by atoms with van der Waals surface area (Å²) in [5.41, 5.74) is 3.56. The first-order valence-corrected chi connectivity index (χ1v) is 9.89. The minimum atomic E-state index is -0.308. The van der Waals surface area contributed by atoms with Crippen LogP contribution in [0.4, 0.5) is 4.39 Å². The maximum Gasteiger partial charge on any atom is 0.254 e. The summed E-state index contributed by atoms with van der Waals surface area (Å²) < 4.78 is 19.9. The number of benzene rings is 2. The molecule has 1 aliphatic rings. The maximum atomic E-state index is 13.0. The number of carbonyl (C=O) groups excluding carboxylic acids is 1. The number of ether oxygens (including phenoxy) is 1. The van der Waals surface area contributed by atoms with Gasteiger partial charge in [0.25, 0.3) is 5.56 Å². The fraction of sp³-hybridized carbons (Fsp3) is 0.250. The Morgan fingerprint density at radius 3 is 2.63 bits per heavy atom. The zero-order valence-corrected chi connectivity index (χ0v) is 16.8. The normalized spacial score (nSPS) is 13.7. The van der Waals surface area contributed by atoms with Gasteiger partial charge in [0.1, 0.15) is 18.2 Å². The molecule has 1 aromatic heterocycles. The molecule has 2 heterocycles. The lowest BCUT2D eigenvalue weighted by Gasteiger charge is -2.25. The lowest BCUT2D eigenvalue weighted by Crippen LogP contribution is -2.27. The molecule has 1 aliphatic heterocycles. The van der Waals surface area contributed by atoms with E-state index in [1.165, 1.54) is 33.9 Å². The van der Waals surface area contributed by atoms with Gasteiger partial charge in [-0.3, -0.25) is 9.59 Å². The third-order valence-electron chi connectivity index (χ3n) is 5.33. The smallest absolute Gasteiger partial charge is 0.254 e. The van der Waals surface area contributed by atoms with E-state index in [0.717, 1.165) is 25.1 Å². The summed E-state index contributed by atoms with van der Waals surface area (Å²) >= 11 is 0. The Labute approximate surface area is 174 Å². The molecule has 154 valence electrons. The molecule has 0 atom stereocenters. The van der Waals surface area contributed by atoms with Crippen molar-refractivity contribution >= 4 is 5.78 Å². The number of rotatable bonds is 6. The zero-order valence-electron chi connectivity index (χ0n) is 16.8. The standard InChI is InChI=1S/C24H23FN2O3/c1-26-10-8-18-4-5-19(12-20(18)14-26)23(28)15-27-11-9-22(13-24(27)29)30-16-17-2-6-21(25)7-3-17/h2-7,9,11-13H,8,10,14-16H2,1H3. The highest BCUT2D eigenvalue weighted by molar-refractivity contribution is 5.96. The molecule has 0 spiro atoms. The number of pyridine rings is 1. The average molecular weight is 406 g/mol. The Kier molecular flexibility index (Phi) is 5.77. The van der Waals surface area contributed by atoms with Crippen molar-refractivity contribution in [1.29, 1.82) is 0 Å². The van der Waals surface area contributed by atoms with Crippen molar-refractivity contribution in [2.24, 2.45) is 0 Å². The molecule has 6 heteroatoms. The molecule has 0 saturated heterocycles. The second-order valence-corrected chi connectivity index (χ2v) is 7.64. The molecule has 30 heavy (non-hydrogen) atoms. The molecule has 0 N–H and O–H groups in total. The van der Waals surface area contributed by atoms with Crippen molar-refractivity contribution in [3.8, 4) is 5.75 Å². The summed E-state index contributed by atoms with van der Waals surface area (Å²) in [6.07, 6.45) is 2.55. The molecule has 3 aromatic rings. The largest absolute Gasteiger partial charge is 0.489 e. The average Bonchev–Trinajstić information content (AvgIpc) is 2.74. The van der Waals surface area contributed by atoms with Gasteiger partial charge in [-0.15, -0.1) is 0 Å². The van der Waals surface area contributed by atoms with E-state index in [9.17, 15) is 14.0 Å². The second kappa shape index (κ2) is 8.63. The topological polar surface area (TPSA) is 51.5 Å². The van der Waals surface area contributed by atoms with Crippen molar-refractivity contribution in [3.63, 3.8) is 0 Å². The van der Waals surface area contributed by atoms with Crippen molar-refractivity contribution in [2.75, 3.05) is 13.6 Å². The highest BCUT2D eigenvalue weighted by atomic mass is 19.1. The highest BCUT2D eigenvalue weighted by Gasteiger charge is 2.16. The van der Waals surface area contributed by atoms with Crippen molar-refractivity contribution < 1.29 is 13.9 Å². The third-order valence-corrected chi connectivity index (χ3v) is 5.33. The van der Waals surface area contributed by atoms with Crippen LogP contribution in [-0.4, -0.2) is 28.8 Å². The van der Waals surface area contributed by atoms with Crippen LogP contribution in [0, 0.1) is 5.82 Å². The van der Waals surface area contributed by atoms with Gasteiger partial charge in [-0.2, -0.15) is 0 Å². The first-order valence-electron chi connectivity index (χ1n) is 9.89. The number of carbonyl (C=O) groups is 1. The predicted octanol–water partition coefficient (Wildman–Crippen LogP) is 3.44. The van der Waals surface area contributed by atoms with Gasteiger partial charge in [0.2, 0.25) is 0 Å². The van der Waals surface area contributed by atoms with Crippen molar-refractivity contribution in [3.05, 3.63) is 99.2 Å². The molecule has 0 aliphatic carbocycles.